The van der Waals surface area contributed by atoms with Crippen molar-refractivity contribution < 1.29 is 28.3 Å². The van der Waals surface area contributed by atoms with E-state index in [0.29, 0.717) is 23.5 Å². The quantitative estimate of drug-likeness (QED) is 0.0895. The van der Waals surface area contributed by atoms with E-state index in [-0.39, 0.29) is 12.7 Å². The van der Waals surface area contributed by atoms with Crippen LogP contribution in [0.4, 0.5) is 0 Å². The number of hydrogen-bond donors (Lipinski definition) is 2. The van der Waals surface area contributed by atoms with Crippen molar-refractivity contribution >= 4 is 7.82 Å². The van der Waals surface area contributed by atoms with Gasteiger partial charge in [-0.3, -0.25) is 4.52 Å². The molecule has 0 aliphatic heterocycles. The van der Waals surface area contributed by atoms with Gasteiger partial charge in [-0.25, -0.2) is 4.57 Å². The van der Waals surface area contributed by atoms with Crippen molar-refractivity contribution in [2.75, 3.05) is 6.61 Å². The molecule has 0 aliphatic rings. The van der Waals surface area contributed by atoms with Crippen LogP contribution in [0.25, 0.3) is 0 Å². The highest BCUT2D eigenvalue weighted by molar-refractivity contribution is 7.46. The highest BCUT2D eigenvalue weighted by Gasteiger charge is 2.20. The van der Waals surface area contributed by atoms with E-state index in [4.69, 9.17) is 23.8 Å². The zero-order valence-corrected chi connectivity index (χ0v) is 25.6. The third kappa shape index (κ3) is 20.0. The summed E-state index contributed by atoms with van der Waals surface area (Å²) in [5.41, 5.74) is 0.409. The molecule has 0 unspecified atom stereocenters. The summed E-state index contributed by atoms with van der Waals surface area (Å²) in [6.07, 6.45) is 22.1. The van der Waals surface area contributed by atoms with Crippen molar-refractivity contribution in [3.8, 4) is 17.6 Å². The van der Waals surface area contributed by atoms with Crippen molar-refractivity contribution in [2.45, 2.75) is 149 Å². The van der Waals surface area contributed by atoms with Crippen LogP contribution < -0.4 is 9.47 Å². The highest BCUT2D eigenvalue weighted by Crippen LogP contribution is 2.36. The standard InChI is InChI=1S/C31H54NO6P/c1-4-5-6-7-8-9-10-11-12-13-14-15-16-17-18-19-20-21-30(26-36-39(33,34)35)38-29-23-22-28(25-32)31(24-29)37-27(2)3/h22-24,27,30H,4-21,26H2,1-3H3,(H2,33,34,35)/t30-/m1/s1. The molecule has 0 aliphatic carbocycles. The van der Waals surface area contributed by atoms with Crippen LogP contribution in [0.5, 0.6) is 11.5 Å². The SMILES string of the molecule is CCCCCCCCCCCCCCCCCCC[C@H](COP(=O)(O)O)Oc1ccc(C#N)c(OC(C)C)c1. The van der Waals surface area contributed by atoms with E-state index in [1.165, 1.54) is 89.9 Å². The lowest BCUT2D eigenvalue weighted by Gasteiger charge is -2.20. The second-order valence-corrected chi connectivity index (χ2v) is 12.1. The molecule has 0 fully saturated rings. The molecule has 8 heteroatoms. The van der Waals surface area contributed by atoms with E-state index in [0.717, 1.165) is 19.3 Å². The van der Waals surface area contributed by atoms with Gasteiger partial charge >= 0.3 is 7.82 Å². The maximum absolute atomic E-state index is 11.2. The van der Waals surface area contributed by atoms with Gasteiger partial charge < -0.3 is 19.3 Å². The first-order valence-corrected chi connectivity index (χ1v) is 16.9. The Kier molecular flexibility index (Phi) is 20.1. The average Bonchev–Trinajstić information content (AvgIpc) is 2.88. The summed E-state index contributed by atoms with van der Waals surface area (Å²) in [4.78, 5) is 18.3. The predicted octanol–water partition coefficient (Wildman–Crippen LogP) is 9.24. The summed E-state index contributed by atoms with van der Waals surface area (Å²) in [6.45, 7) is 5.82. The van der Waals surface area contributed by atoms with Crippen LogP contribution in [0.2, 0.25) is 0 Å². The number of nitrogens with zero attached hydrogens (tertiary/aromatic N) is 1. The van der Waals surface area contributed by atoms with Gasteiger partial charge in [0.15, 0.2) is 0 Å². The molecule has 0 spiro atoms. The number of rotatable bonds is 25. The van der Waals surface area contributed by atoms with E-state index in [2.05, 4.69) is 13.0 Å². The molecule has 0 radical (unpaired) electrons. The Morgan fingerprint density at radius 3 is 1.72 bits per heavy atom. The summed E-state index contributed by atoms with van der Waals surface area (Å²) in [5, 5.41) is 9.32. The Hall–Kier alpha value is -1.58. The van der Waals surface area contributed by atoms with Gasteiger partial charge in [0.2, 0.25) is 0 Å². The number of ether oxygens (including phenoxy) is 2. The largest absolute Gasteiger partial charge is 0.489 e. The van der Waals surface area contributed by atoms with E-state index in [9.17, 15) is 9.83 Å². The molecule has 0 bridgehead atoms. The molecular formula is C31H54NO6P. The fourth-order valence-electron chi connectivity index (χ4n) is 4.67. The topological polar surface area (TPSA) is 109 Å². The molecule has 2 N–H and O–H groups in total. The smallest absolute Gasteiger partial charge is 0.469 e. The number of phosphoric acid groups is 1. The van der Waals surface area contributed by atoms with Crippen molar-refractivity contribution in [1.82, 2.24) is 0 Å². The van der Waals surface area contributed by atoms with Crippen LogP contribution in [0.1, 0.15) is 142 Å². The lowest BCUT2D eigenvalue weighted by molar-refractivity contribution is 0.0937. The monoisotopic (exact) mass is 567 g/mol. The Balaban J connectivity index is 2.25. The molecule has 0 amide bonds. The zero-order chi connectivity index (χ0) is 28.8. The van der Waals surface area contributed by atoms with Crippen LogP contribution in [-0.4, -0.2) is 28.6 Å². The van der Waals surface area contributed by atoms with E-state index in [1.54, 1.807) is 18.2 Å². The van der Waals surface area contributed by atoms with Gasteiger partial charge in [-0.15, -0.1) is 0 Å². The Labute approximate surface area is 237 Å². The fraction of sp³-hybridized carbons (Fsp3) is 0.774. The molecule has 39 heavy (non-hydrogen) atoms. The molecule has 0 saturated heterocycles. The number of phosphoric ester groups is 1. The molecule has 0 aromatic heterocycles. The maximum atomic E-state index is 11.2. The minimum atomic E-state index is -4.59. The van der Waals surface area contributed by atoms with Gasteiger partial charge in [-0.1, -0.05) is 110 Å². The van der Waals surface area contributed by atoms with Crippen LogP contribution in [-0.2, 0) is 9.09 Å². The molecule has 0 heterocycles. The number of nitriles is 1. The van der Waals surface area contributed by atoms with E-state index in [1.807, 2.05) is 13.8 Å². The molecular weight excluding hydrogens is 513 g/mol. The molecule has 1 aromatic carbocycles. The second kappa shape index (κ2) is 22.1. The summed E-state index contributed by atoms with van der Waals surface area (Å²) in [6, 6.07) is 7.06. The molecule has 1 atom stereocenters. The first-order valence-electron chi connectivity index (χ1n) is 15.3. The normalized spacial score (nSPS) is 12.4. The zero-order valence-electron chi connectivity index (χ0n) is 24.7. The predicted molar refractivity (Wildman–Crippen MR) is 158 cm³/mol. The van der Waals surface area contributed by atoms with E-state index < -0.39 is 13.9 Å². The lowest BCUT2D eigenvalue weighted by atomic mass is 10.0. The average molecular weight is 568 g/mol. The van der Waals surface area contributed by atoms with Crippen LogP contribution in [0.15, 0.2) is 18.2 Å². The Morgan fingerprint density at radius 1 is 0.795 bits per heavy atom. The van der Waals surface area contributed by atoms with E-state index >= 15 is 0 Å². The van der Waals surface area contributed by atoms with Crippen molar-refractivity contribution in [1.29, 1.82) is 5.26 Å². The molecule has 1 aromatic rings. The minimum Gasteiger partial charge on any atom is -0.489 e. The summed E-state index contributed by atoms with van der Waals surface area (Å²) < 4.78 is 27.7. The van der Waals surface area contributed by atoms with Crippen molar-refractivity contribution in [3.05, 3.63) is 23.8 Å². The van der Waals surface area contributed by atoms with Gasteiger partial charge in [0.05, 0.1) is 18.3 Å². The van der Waals surface area contributed by atoms with Crippen LogP contribution in [0.3, 0.4) is 0 Å². The molecule has 0 saturated carbocycles. The number of benzene rings is 1. The summed E-state index contributed by atoms with van der Waals surface area (Å²) in [7, 11) is -4.59. The third-order valence-corrected chi connectivity index (χ3v) is 7.28. The van der Waals surface area contributed by atoms with Crippen LogP contribution in [0, 0.1) is 11.3 Å². The molecule has 7 nitrogen and oxygen atoms in total. The number of hydrogen-bond acceptors (Lipinski definition) is 5. The minimum absolute atomic E-state index is 0.101. The molecule has 1 rings (SSSR count). The van der Waals surface area contributed by atoms with Gasteiger partial charge in [0.25, 0.3) is 0 Å². The summed E-state index contributed by atoms with van der Waals surface area (Å²) >= 11 is 0. The van der Waals surface area contributed by atoms with Gasteiger partial charge in [0.1, 0.15) is 23.7 Å². The summed E-state index contributed by atoms with van der Waals surface area (Å²) in [5.74, 6) is 0.911. The van der Waals surface area contributed by atoms with Gasteiger partial charge in [-0.05, 0) is 38.8 Å². The Morgan fingerprint density at radius 2 is 1.28 bits per heavy atom. The second-order valence-electron chi connectivity index (χ2n) is 10.9. The van der Waals surface area contributed by atoms with Gasteiger partial charge in [-0.2, -0.15) is 5.26 Å². The lowest BCUT2D eigenvalue weighted by Crippen LogP contribution is -2.22. The first kappa shape index (κ1) is 35.4. The molecule has 224 valence electrons. The fourth-order valence-corrected chi connectivity index (χ4v) is 5.03. The van der Waals surface area contributed by atoms with Crippen molar-refractivity contribution in [2.24, 2.45) is 0 Å². The maximum Gasteiger partial charge on any atom is 0.469 e. The first-order chi connectivity index (χ1) is 18.7. The highest BCUT2D eigenvalue weighted by atomic mass is 31.2. The third-order valence-electron chi connectivity index (χ3n) is 6.80. The number of unbranched alkanes of at least 4 members (excludes halogenated alkanes) is 16. The van der Waals surface area contributed by atoms with Gasteiger partial charge in [0, 0.05) is 6.07 Å². The van der Waals surface area contributed by atoms with Crippen molar-refractivity contribution in [3.63, 3.8) is 0 Å². The Bertz CT molecular complexity index is 835. The van der Waals surface area contributed by atoms with Crippen LogP contribution >= 0.6 is 7.82 Å².